The number of primary amides is 1. The Morgan fingerprint density at radius 3 is 2.65 bits per heavy atom. The van der Waals surface area contributed by atoms with Gasteiger partial charge in [0, 0.05) is 11.0 Å². The molecule has 17 heavy (non-hydrogen) atoms. The summed E-state index contributed by atoms with van der Waals surface area (Å²) in [5.74, 6) is 1.84. The van der Waals surface area contributed by atoms with E-state index in [0.29, 0.717) is 23.1 Å². The van der Waals surface area contributed by atoms with E-state index >= 15 is 0 Å². The van der Waals surface area contributed by atoms with E-state index in [0.717, 1.165) is 0 Å². The molecule has 1 aromatic rings. The van der Waals surface area contributed by atoms with Crippen LogP contribution in [0.4, 0.5) is 5.69 Å². The third-order valence-corrected chi connectivity index (χ3v) is 3.79. The normalized spacial score (nSPS) is 10.6. The first-order valence-corrected chi connectivity index (χ1v) is 7.63. The van der Waals surface area contributed by atoms with Crippen molar-refractivity contribution in [3.63, 3.8) is 0 Å². The highest BCUT2D eigenvalue weighted by Crippen LogP contribution is 2.35. The van der Waals surface area contributed by atoms with Crippen LogP contribution in [0.2, 0.25) is 0 Å². The van der Waals surface area contributed by atoms with Gasteiger partial charge in [0.05, 0.1) is 12.1 Å². The van der Waals surface area contributed by atoms with Gasteiger partial charge in [-0.3, -0.25) is 4.79 Å². The molecular weight excluding hydrogens is 235 g/mol. The van der Waals surface area contributed by atoms with Crippen molar-refractivity contribution in [1.29, 1.82) is 0 Å². The summed E-state index contributed by atoms with van der Waals surface area (Å²) in [6.07, 6.45) is 5.13. The largest absolute Gasteiger partial charge is 0.373 e. The zero-order valence-corrected chi connectivity index (χ0v) is 10.8. The minimum absolute atomic E-state index is 0.301. The summed E-state index contributed by atoms with van der Waals surface area (Å²) in [7, 11) is -2.41. The van der Waals surface area contributed by atoms with Crippen molar-refractivity contribution >= 4 is 24.0 Å². The molecule has 1 aromatic carbocycles. The summed E-state index contributed by atoms with van der Waals surface area (Å²) in [6.45, 7) is 3.58. The Labute approximate surface area is 101 Å². The Morgan fingerprint density at radius 2 is 2.18 bits per heavy atom. The summed E-state index contributed by atoms with van der Waals surface area (Å²) < 4.78 is 11.9. The van der Waals surface area contributed by atoms with Gasteiger partial charge in [0.25, 0.3) is 5.91 Å². The van der Waals surface area contributed by atoms with E-state index in [9.17, 15) is 9.36 Å². The molecule has 0 aliphatic rings. The Bertz CT molecular complexity index is 526. The molecule has 0 spiro atoms. The third-order valence-electron chi connectivity index (χ3n) is 2.27. The molecule has 0 fully saturated rings. The maximum Gasteiger partial charge on any atom is 0.250 e. The van der Waals surface area contributed by atoms with Crippen LogP contribution in [0.1, 0.15) is 10.4 Å². The van der Waals surface area contributed by atoms with E-state index in [1.807, 2.05) is 0 Å². The average molecular weight is 250 g/mol. The lowest BCUT2D eigenvalue weighted by atomic mass is 10.1. The fraction of sp³-hybridized carbons (Fsp3) is 0.250. The number of nitrogens with one attached hydrogen (secondary N) is 1. The fourth-order valence-corrected chi connectivity index (χ4v) is 2.24. The van der Waals surface area contributed by atoms with Crippen LogP contribution in [0.25, 0.3) is 0 Å². The first-order chi connectivity index (χ1) is 7.86. The lowest BCUT2D eigenvalue weighted by molar-refractivity contribution is 0.100. The van der Waals surface area contributed by atoms with Crippen LogP contribution in [-0.4, -0.2) is 25.8 Å². The molecule has 0 heterocycles. The van der Waals surface area contributed by atoms with Crippen molar-refractivity contribution < 1.29 is 9.36 Å². The minimum atomic E-state index is -2.41. The molecule has 1 amide bonds. The van der Waals surface area contributed by atoms with Gasteiger partial charge in [-0.15, -0.1) is 6.42 Å². The van der Waals surface area contributed by atoms with Gasteiger partial charge < -0.3 is 15.6 Å². The Balaban J connectivity index is 3.23. The quantitative estimate of drug-likeness (QED) is 0.620. The lowest BCUT2D eigenvalue weighted by Crippen LogP contribution is -2.17. The molecular formula is C12H15N2O2P. The molecule has 0 radical (unpaired) electrons. The van der Waals surface area contributed by atoms with Crippen molar-refractivity contribution in [3.05, 3.63) is 23.8 Å². The van der Waals surface area contributed by atoms with E-state index in [-0.39, 0.29) is 0 Å². The van der Waals surface area contributed by atoms with Crippen molar-refractivity contribution in [3.8, 4) is 12.3 Å². The highest BCUT2D eigenvalue weighted by Gasteiger charge is 2.15. The van der Waals surface area contributed by atoms with E-state index in [4.69, 9.17) is 12.2 Å². The molecule has 0 unspecified atom stereocenters. The van der Waals surface area contributed by atoms with Crippen molar-refractivity contribution in [2.24, 2.45) is 5.73 Å². The van der Waals surface area contributed by atoms with E-state index < -0.39 is 13.0 Å². The number of nitrogens with two attached hydrogens (primary N) is 1. The summed E-state index contributed by atoms with van der Waals surface area (Å²) in [5.41, 5.74) is 6.15. The fourth-order valence-electron chi connectivity index (χ4n) is 1.37. The topological polar surface area (TPSA) is 72.2 Å². The molecule has 4 nitrogen and oxygen atoms in total. The minimum Gasteiger partial charge on any atom is -0.373 e. The van der Waals surface area contributed by atoms with Crippen LogP contribution in [0.3, 0.4) is 0 Å². The second-order valence-corrected chi connectivity index (χ2v) is 7.22. The lowest BCUT2D eigenvalue weighted by Gasteiger charge is -2.12. The second kappa shape index (κ2) is 5.07. The molecule has 0 saturated carbocycles. The van der Waals surface area contributed by atoms with E-state index in [2.05, 4.69) is 11.2 Å². The van der Waals surface area contributed by atoms with Gasteiger partial charge in [-0.1, -0.05) is 5.92 Å². The Kier molecular flexibility index (Phi) is 3.98. The number of terminal acetylenes is 1. The van der Waals surface area contributed by atoms with E-state index in [1.54, 1.807) is 31.5 Å². The van der Waals surface area contributed by atoms with Gasteiger partial charge in [0.15, 0.2) is 0 Å². The maximum atomic E-state index is 11.9. The number of amides is 1. The summed E-state index contributed by atoms with van der Waals surface area (Å²) in [4.78, 5) is 11.3. The molecule has 5 heteroatoms. The second-order valence-electron chi connectivity index (χ2n) is 4.00. The zero-order chi connectivity index (χ0) is 13.1. The molecule has 0 aliphatic carbocycles. The van der Waals surface area contributed by atoms with Crippen molar-refractivity contribution in [1.82, 2.24) is 0 Å². The van der Waals surface area contributed by atoms with Crippen LogP contribution in [-0.2, 0) is 4.57 Å². The number of carbonyl (C=O) groups is 1. The number of anilines is 1. The summed E-state index contributed by atoms with van der Waals surface area (Å²) in [6, 6.07) is 4.94. The standard InChI is InChI=1S/C12H15N2O2P/c1-4-7-14-11-6-5-9(17(2,3)16)8-10(11)12(13)15/h1,5-6,8,14H,7H2,2-3H3,(H2,13,15). The van der Waals surface area contributed by atoms with Crippen LogP contribution >= 0.6 is 7.14 Å². The van der Waals surface area contributed by atoms with Gasteiger partial charge in [-0.05, 0) is 31.5 Å². The highest BCUT2D eigenvalue weighted by molar-refractivity contribution is 7.70. The SMILES string of the molecule is C#CCNc1ccc(P(C)(C)=O)cc1C(N)=O. The molecule has 90 valence electrons. The van der Waals surface area contributed by atoms with Gasteiger partial charge in [0.2, 0.25) is 0 Å². The first-order valence-electron chi connectivity index (χ1n) is 5.03. The highest BCUT2D eigenvalue weighted by atomic mass is 31.2. The number of hydrogen-bond donors (Lipinski definition) is 2. The number of hydrogen-bond acceptors (Lipinski definition) is 3. The van der Waals surface area contributed by atoms with Gasteiger partial charge in [0.1, 0.15) is 7.14 Å². The van der Waals surface area contributed by atoms with Crippen LogP contribution in [0.15, 0.2) is 18.2 Å². The molecule has 0 atom stereocenters. The van der Waals surface area contributed by atoms with Crippen molar-refractivity contribution in [2.45, 2.75) is 0 Å². The van der Waals surface area contributed by atoms with Crippen LogP contribution < -0.4 is 16.4 Å². The third kappa shape index (κ3) is 3.37. The summed E-state index contributed by atoms with van der Waals surface area (Å²) >= 11 is 0. The maximum absolute atomic E-state index is 11.9. The molecule has 0 aromatic heterocycles. The predicted molar refractivity (Wildman–Crippen MR) is 71.4 cm³/mol. The monoisotopic (exact) mass is 250 g/mol. The van der Waals surface area contributed by atoms with Crippen LogP contribution in [0.5, 0.6) is 0 Å². The average Bonchev–Trinajstić information content (AvgIpc) is 2.24. The van der Waals surface area contributed by atoms with Gasteiger partial charge in [-0.25, -0.2) is 0 Å². The Morgan fingerprint density at radius 1 is 1.53 bits per heavy atom. The summed E-state index contributed by atoms with van der Waals surface area (Å²) in [5, 5.41) is 3.52. The van der Waals surface area contributed by atoms with Gasteiger partial charge in [-0.2, -0.15) is 0 Å². The molecule has 0 aliphatic heterocycles. The predicted octanol–water partition coefficient (Wildman–Crippen LogP) is 1.08. The Hall–Kier alpha value is -1.72. The number of carbonyl (C=O) groups excluding carboxylic acids is 1. The molecule has 3 N–H and O–H groups in total. The van der Waals surface area contributed by atoms with Gasteiger partial charge >= 0.3 is 0 Å². The molecule has 0 bridgehead atoms. The number of benzene rings is 1. The molecule has 1 rings (SSSR count). The van der Waals surface area contributed by atoms with Crippen LogP contribution in [0, 0.1) is 12.3 Å². The molecule has 0 saturated heterocycles. The number of rotatable bonds is 4. The smallest absolute Gasteiger partial charge is 0.250 e. The zero-order valence-electron chi connectivity index (χ0n) is 9.86. The van der Waals surface area contributed by atoms with E-state index in [1.165, 1.54) is 0 Å². The van der Waals surface area contributed by atoms with Crippen molar-refractivity contribution in [2.75, 3.05) is 25.2 Å². The first kappa shape index (κ1) is 13.3.